The van der Waals surface area contributed by atoms with Gasteiger partial charge in [0.2, 0.25) is 0 Å². The third-order valence-electron chi connectivity index (χ3n) is 3.56. The summed E-state index contributed by atoms with van der Waals surface area (Å²) < 4.78 is 0. The Morgan fingerprint density at radius 1 is 1.06 bits per heavy atom. The summed E-state index contributed by atoms with van der Waals surface area (Å²) in [4.78, 5) is 0. The smallest absolute Gasteiger partial charge is 0.0405 e. The molecule has 0 aromatic heterocycles. The molecule has 1 nitrogen and oxygen atoms in total. The topological polar surface area (TPSA) is 12.0 Å². The summed E-state index contributed by atoms with van der Waals surface area (Å²) in [7, 11) is 0. The van der Waals surface area contributed by atoms with Gasteiger partial charge in [0.15, 0.2) is 0 Å². The summed E-state index contributed by atoms with van der Waals surface area (Å²) in [5.74, 6) is 0.671. The van der Waals surface area contributed by atoms with Crippen LogP contribution in [0.3, 0.4) is 0 Å². The lowest BCUT2D eigenvalue weighted by Crippen LogP contribution is -2.45. The van der Waals surface area contributed by atoms with E-state index in [-0.39, 0.29) is 5.54 Å². The molecule has 0 fully saturated rings. The summed E-state index contributed by atoms with van der Waals surface area (Å²) in [6.07, 6.45) is 2.13. The summed E-state index contributed by atoms with van der Waals surface area (Å²) >= 11 is 6.09. The van der Waals surface area contributed by atoms with Crippen LogP contribution in [0.15, 0.2) is 18.2 Å². The second kappa shape index (κ2) is 6.42. The Morgan fingerprint density at radius 3 is 2.00 bits per heavy atom. The van der Waals surface area contributed by atoms with Gasteiger partial charge in [0.05, 0.1) is 0 Å². The highest BCUT2D eigenvalue weighted by molar-refractivity contribution is 6.18. The zero-order valence-electron chi connectivity index (χ0n) is 11.4. The van der Waals surface area contributed by atoms with Crippen molar-refractivity contribution in [3.8, 4) is 0 Å². The van der Waals surface area contributed by atoms with Gasteiger partial charge in [0.25, 0.3) is 0 Å². The third kappa shape index (κ3) is 4.01. The molecule has 0 unspecified atom stereocenters. The fourth-order valence-corrected chi connectivity index (χ4v) is 2.67. The van der Waals surface area contributed by atoms with E-state index in [0.29, 0.717) is 5.88 Å². The van der Waals surface area contributed by atoms with Crippen LogP contribution in [0, 0.1) is 13.8 Å². The standard InChI is InChI=1S/C15H24ClN/c1-5-15(6-2,11-16)17-10-14-8-12(3)7-13(4)9-14/h7-9,17H,5-6,10-11H2,1-4H3. The molecule has 0 bridgehead atoms. The molecular formula is C15H24ClN. The molecule has 0 saturated heterocycles. The Morgan fingerprint density at radius 2 is 1.59 bits per heavy atom. The fraction of sp³-hybridized carbons (Fsp3) is 0.600. The predicted octanol–water partition coefficient (Wildman–Crippen LogP) is 4.19. The Balaban J connectivity index is 2.71. The predicted molar refractivity (Wildman–Crippen MR) is 76.8 cm³/mol. The van der Waals surface area contributed by atoms with Gasteiger partial charge < -0.3 is 5.32 Å². The lowest BCUT2D eigenvalue weighted by Gasteiger charge is -2.31. The average molecular weight is 254 g/mol. The quantitative estimate of drug-likeness (QED) is 0.750. The molecular weight excluding hydrogens is 230 g/mol. The van der Waals surface area contributed by atoms with Crippen molar-refractivity contribution in [1.29, 1.82) is 0 Å². The van der Waals surface area contributed by atoms with E-state index >= 15 is 0 Å². The van der Waals surface area contributed by atoms with Crippen molar-refractivity contribution in [3.05, 3.63) is 34.9 Å². The highest BCUT2D eigenvalue weighted by Gasteiger charge is 2.23. The Bertz CT molecular complexity index is 327. The first-order valence-electron chi connectivity index (χ1n) is 6.43. The number of aryl methyl sites for hydroxylation is 2. The first-order valence-corrected chi connectivity index (χ1v) is 6.97. The number of halogens is 1. The van der Waals surface area contributed by atoms with Crippen LogP contribution in [0.4, 0.5) is 0 Å². The van der Waals surface area contributed by atoms with Crippen LogP contribution in [0.2, 0.25) is 0 Å². The van der Waals surface area contributed by atoms with Gasteiger partial charge in [0.1, 0.15) is 0 Å². The minimum atomic E-state index is 0.0825. The molecule has 0 aliphatic heterocycles. The van der Waals surface area contributed by atoms with Crippen molar-refractivity contribution in [2.45, 2.75) is 52.6 Å². The van der Waals surface area contributed by atoms with Gasteiger partial charge in [0, 0.05) is 18.0 Å². The van der Waals surface area contributed by atoms with Crippen LogP contribution in [0.1, 0.15) is 43.4 Å². The molecule has 0 saturated carbocycles. The van der Waals surface area contributed by atoms with Crippen molar-refractivity contribution < 1.29 is 0 Å². The van der Waals surface area contributed by atoms with Crippen LogP contribution in [0.25, 0.3) is 0 Å². The van der Waals surface area contributed by atoms with E-state index in [0.717, 1.165) is 19.4 Å². The lowest BCUT2D eigenvalue weighted by molar-refractivity contribution is 0.334. The summed E-state index contributed by atoms with van der Waals surface area (Å²) in [6.45, 7) is 9.58. The molecule has 0 aliphatic rings. The minimum absolute atomic E-state index is 0.0825. The van der Waals surface area contributed by atoms with Gasteiger partial charge >= 0.3 is 0 Å². The molecule has 1 aromatic rings. The first kappa shape index (κ1) is 14.5. The molecule has 2 heteroatoms. The maximum Gasteiger partial charge on any atom is 0.0405 e. The average Bonchev–Trinajstić information content (AvgIpc) is 2.30. The molecule has 0 amide bonds. The van der Waals surface area contributed by atoms with Crippen LogP contribution in [-0.2, 0) is 6.54 Å². The number of alkyl halides is 1. The van der Waals surface area contributed by atoms with E-state index in [9.17, 15) is 0 Å². The summed E-state index contributed by atoms with van der Waals surface area (Å²) in [5.41, 5.74) is 4.08. The molecule has 1 aromatic carbocycles. The second-order valence-electron chi connectivity index (χ2n) is 4.97. The van der Waals surface area contributed by atoms with Gasteiger partial charge in [-0.05, 0) is 32.3 Å². The van der Waals surface area contributed by atoms with Gasteiger partial charge in [-0.15, -0.1) is 11.6 Å². The number of benzene rings is 1. The zero-order chi connectivity index (χ0) is 12.9. The van der Waals surface area contributed by atoms with Gasteiger partial charge in [-0.2, -0.15) is 0 Å². The number of hydrogen-bond donors (Lipinski definition) is 1. The van der Waals surface area contributed by atoms with Crippen LogP contribution >= 0.6 is 11.6 Å². The molecule has 0 spiro atoms. The monoisotopic (exact) mass is 253 g/mol. The van der Waals surface area contributed by atoms with Crippen molar-refractivity contribution >= 4 is 11.6 Å². The van der Waals surface area contributed by atoms with Crippen molar-refractivity contribution in [1.82, 2.24) is 5.32 Å². The van der Waals surface area contributed by atoms with Crippen molar-refractivity contribution in [2.75, 3.05) is 5.88 Å². The number of rotatable bonds is 6. The second-order valence-corrected chi connectivity index (χ2v) is 5.24. The Hall–Kier alpha value is -0.530. The largest absolute Gasteiger partial charge is 0.306 e. The van der Waals surface area contributed by atoms with Crippen LogP contribution in [0.5, 0.6) is 0 Å². The van der Waals surface area contributed by atoms with Gasteiger partial charge in [-0.1, -0.05) is 43.2 Å². The molecule has 96 valence electrons. The third-order valence-corrected chi connectivity index (χ3v) is 4.07. The van der Waals surface area contributed by atoms with Crippen molar-refractivity contribution in [3.63, 3.8) is 0 Å². The van der Waals surface area contributed by atoms with E-state index in [4.69, 9.17) is 11.6 Å². The number of nitrogens with one attached hydrogen (secondary N) is 1. The molecule has 0 radical (unpaired) electrons. The van der Waals surface area contributed by atoms with E-state index in [1.165, 1.54) is 16.7 Å². The molecule has 17 heavy (non-hydrogen) atoms. The lowest BCUT2D eigenvalue weighted by atomic mass is 9.94. The molecule has 0 aliphatic carbocycles. The van der Waals surface area contributed by atoms with Crippen LogP contribution < -0.4 is 5.32 Å². The Kier molecular flexibility index (Phi) is 5.48. The molecule has 1 N–H and O–H groups in total. The maximum absolute atomic E-state index is 6.09. The molecule has 0 atom stereocenters. The number of hydrogen-bond acceptors (Lipinski definition) is 1. The SMILES string of the molecule is CCC(CC)(CCl)NCc1cc(C)cc(C)c1. The van der Waals surface area contributed by atoms with E-state index in [1.54, 1.807) is 0 Å². The zero-order valence-corrected chi connectivity index (χ0v) is 12.2. The normalized spacial score (nSPS) is 11.8. The van der Waals surface area contributed by atoms with E-state index in [2.05, 4.69) is 51.2 Å². The summed E-state index contributed by atoms with van der Waals surface area (Å²) in [6, 6.07) is 6.69. The summed E-state index contributed by atoms with van der Waals surface area (Å²) in [5, 5.41) is 3.62. The first-order chi connectivity index (χ1) is 8.05. The van der Waals surface area contributed by atoms with Crippen molar-refractivity contribution in [2.24, 2.45) is 0 Å². The van der Waals surface area contributed by atoms with Gasteiger partial charge in [-0.25, -0.2) is 0 Å². The van der Waals surface area contributed by atoms with Gasteiger partial charge in [-0.3, -0.25) is 0 Å². The van der Waals surface area contributed by atoms with Crippen LogP contribution in [-0.4, -0.2) is 11.4 Å². The van der Waals surface area contributed by atoms with E-state index < -0.39 is 0 Å². The highest BCUT2D eigenvalue weighted by Crippen LogP contribution is 2.18. The molecule has 1 rings (SSSR count). The highest BCUT2D eigenvalue weighted by atomic mass is 35.5. The minimum Gasteiger partial charge on any atom is -0.306 e. The maximum atomic E-state index is 6.09. The van der Waals surface area contributed by atoms with E-state index in [1.807, 2.05) is 0 Å². The Labute approximate surface area is 111 Å². The fourth-order valence-electron chi connectivity index (χ4n) is 2.20. The molecule has 0 heterocycles.